The van der Waals surface area contributed by atoms with Gasteiger partial charge in [-0.05, 0) is 43.2 Å². The standard InChI is InChI=1S/C22H26N2O6S/c1-6-24-18-12-20(30-5)19(29-4)11-17(18)14(2)21(31(24,26)27)22(25)23-16-9-7-8-15(10-16)13-28-3/h7-12H,6,13H2,1-5H3,(H,23,25). The topological polar surface area (TPSA) is 94.2 Å². The van der Waals surface area contributed by atoms with Gasteiger partial charge in [-0.25, -0.2) is 8.42 Å². The van der Waals surface area contributed by atoms with Crippen molar-refractivity contribution >= 4 is 32.9 Å². The first kappa shape index (κ1) is 22.6. The summed E-state index contributed by atoms with van der Waals surface area (Å²) >= 11 is 0. The molecule has 0 fully saturated rings. The van der Waals surface area contributed by atoms with Crippen LogP contribution in [0.1, 0.15) is 25.0 Å². The van der Waals surface area contributed by atoms with Crippen molar-refractivity contribution in [1.82, 2.24) is 0 Å². The van der Waals surface area contributed by atoms with Crippen LogP contribution in [0.5, 0.6) is 11.5 Å². The van der Waals surface area contributed by atoms with E-state index in [-0.39, 0.29) is 11.4 Å². The number of rotatable bonds is 7. The van der Waals surface area contributed by atoms with Crippen LogP contribution < -0.4 is 19.1 Å². The molecule has 3 rings (SSSR count). The number of nitrogens with one attached hydrogen (secondary N) is 1. The molecule has 1 aliphatic heterocycles. The molecule has 1 amide bonds. The van der Waals surface area contributed by atoms with E-state index < -0.39 is 15.9 Å². The minimum atomic E-state index is -4.08. The lowest BCUT2D eigenvalue weighted by atomic mass is 10.0. The number of fused-ring (bicyclic) bond motifs is 1. The van der Waals surface area contributed by atoms with Gasteiger partial charge in [0.1, 0.15) is 0 Å². The predicted octanol–water partition coefficient (Wildman–Crippen LogP) is 3.39. The van der Waals surface area contributed by atoms with E-state index in [1.807, 2.05) is 6.07 Å². The maximum atomic E-state index is 13.4. The Hall–Kier alpha value is -3.04. The third-order valence-corrected chi connectivity index (χ3v) is 7.10. The number of anilines is 2. The lowest BCUT2D eigenvalue weighted by Crippen LogP contribution is -2.39. The highest BCUT2D eigenvalue weighted by Crippen LogP contribution is 2.44. The van der Waals surface area contributed by atoms with Gasteiger partial charge >= 0.3 is 0 Å². The lowest BCUT2D eigenvalue weighted by molar-refractivity contribution is -0.112. The summed E-state index contributed by atoms with van der Waals surface area (Å²) in [6.45, 7) is 3.86. The SMILES string of the molecule is CCN1c2cc(OC)c(OC)cc2C(C)=C(C(=O)Nc2cccc(COC)c2)S1(=O)=O. The Labute approximate surface area is 182 Å². The second kappa shape index (κ2) is 8.99. The van der Waals surface area contributed by atoms with Gasteiger partial charge in [-0.15, -0.1) is 0 Å². The molecule has 0 radical (unpaired) electrons. The summed E-state index contributed by atoms with van der Waals surface area (Å²) < 4.78 is 43.8. The number of carbonyl (C=O) groups is 1. The molecule has 0 saturated carbocycles. The van der Waals surface area contributed by atoms with Crippen LogP contribution in [0, 0.1) is 0 Å². The fraction of sp³-hybridized carbons (Fsp3) is 0.318. The quantitative estimate of drug-likeness (QED) is 0.701. The van der Waals surface area contributed by atoms with E-state index in [9.17, 15) is 13.2 Å². The first-order valence-electron chi connectivity index (χ1n) is 9.67. The van der Waals surface area contributed by atoms with Gasteiger partial charge in [0.25, 0.3) is 15.9 Å². The molecule has 0 aromatic heterocycles. The van der Waals surface area contributed by atoms with Crippen molar-refractivity contribution in [2.24, 2.45) is 0 Å². The Morgan fingerprint density at radius 3 is 2.35 bits per heavy atom. The number of nitrogens with zero attached hydrogens (tertiary/aromatic N) is 1. The van der Waals surface area contributed by atoms with Gasteiger partial charge in [-0.2, -0.15) is 0 Å². The number of allylic oxidation sites excluding steroid dienone is 1. The smallest absolute Gasteiger partial charge is 0.270 e. The van der Waals surface area contributed by atoms with Crippen LogP contribution in [0.2, 0.25) is 0 Å². The zero-order valence-electron chi connectivity index (χ0n) is 18.2. The van der Waals surface area contributed by atoms with E-state index in [1.165, 1.54) is 18.5 Å². The molecule has 0 aliphatic carbocycles. The Kier molecular flexibility index (Phi) is 6.56. The fourth-order valence-corrected chi connectivity index (χ4v) is 5.40. The molecule has 2 aromatic rings. The number of sulfonamides is 1. The number of benzene rings is 2. The van der Waals surface area contributed by atoms with Gasteiger partial charge in [0.05, 0.1) is 26.5 Å². The molecular formula is C22H26N2O6S. The van der Waals surface area contributed by atoms with Crippen LogP contribution in [-0.4, -0.2) is 42.2 Å². The lowest BCUT2D eigenvalue weighted by Gasteiger charge is -2.32. The van der Waals surface area contributed by atoms with Crippen LogP contribution >= 0.6 is 0 Å². The molecule has 1 aliphatic rings. The molecule has 0 atom stereocenters. The number of ether oxygens (including phenoxy) is 3. The van der Waals surface area contributed by atoms with Crippen molar-refractivity contribution in [3.05, 3.63) is 52.4 Å². The summed E-state index contributed by atoms with van der Waals surface area (Å²) in [5.74, 6) is 0.152. The van der Waals surface area contributed by atoms with E-state index in [0.717, 1.165) is 5.56 Å². The van der Waals surface area contributed by atoms with E-state index >= 15 is 0 Å². The number of amides is 1. The van der Waals surface area contributed by atoms with Crippen molar-refractivity contribution < 1.29 is 27.4 Å². The maximum Gasteiger partial charge on any atom is 0.270 e. The second-order valence-electron chi connectivity index (χ2n) is 6.94. The highest BCUT2D eigenvalue weighted by atomic mass is 32.2. The summed E-state index contributed by atoms with van der Waals surface area (Å²) in [5.41, 5.74) is 2.71. The number of methoxy groups -OCH3 is 3. The Morgan fingerprint density at radius 2 is 1.74 bits per heavy atom. The van der Waals surface area contributed by atoms with Crippen molar-refractivity contribution in [1.29, 1.82) is 0 Å². The summed E-state index contributed by atoms with van der Waals surface area (Å²) in [5, 5.41) is 2.71. The van der Waals surface area contributed by atoms with Crippen LogP contribution in [0.15, 0.2) is 41.3 Å². The average Bonchev–Trinajstić information content (AvgIpc) is 2.73. The van der Waals surface area contributed by atoms with Crippen LogP contribution in [0.3, 0.4) is 0 Å². The first-order chi connectivity index (χ1) is 14.8. The minimum absolute atomic E-state index is 0.151. The van der Waals surface area contributed by atoms with Crippen LogP contribution in [-0.2, 0) is 26.2 Å². The van der Waals surface area contributed by atoms with Gasteiger partial charge in [-0.1, -0.05) is 12.1 Å². The summed E-state index contributed by atoms with van der Waals surface area (Å²) in [6, 6.07) is 10.4. The summed E-state index contributed by atoms with van der Waals surface area (Å²) in [4.78, 5) is 12.8. The fourth-order valence-electron chi connectivity index (χ4n) is 3.65. The molecule has 9 heteroatoms. The van der Waals surface area contributed by atoms with Crippen LogP contribution in [0.4, 0.5) is 11.4 Å². The second-order valence-corrected chi connectivity index (χ2v) is 8.73. The Bertz CT molecular complexity index is 1140. The monoisotopic (exact) mass is 446 g/mol. The first-order valence-corrected chi connectivity index (χ1v) is 11.1. The van der Waals surface area contributed by atoms with Crippen molar-refractivity contribution in [3.63, 3.8) is 0 Å². The number of carbonyl (C=O) groups excluding carboxylic acids is 1. The molecule has 1 N–H and O–H groups in total. The summed E-state index contributed by atoms with van der Waals surface area (Å²) in [7, 11) is 0.480. The number of hydrogen-bond acceptors (Lipinski definition) is 6. The van der Waals surface area contributed by atoms with E-state index in [1.54, 1.807) is 51.3 Å². The highest BCUT2D eigenvalue weighted by Gasteiger charge is 2.39. The van der Waals surface area contributed by atoms with Crippen LogP contribution in [0.25, 0.3) is 5.57 Å². The average molecular weight is 447 g/mol. The third kappa shape index (κ3) is 4.11. The van der Waals surface area contributed by atoms with E-state index in [0.29, 0.717) is 40.6 Å². The third-order valence-electron chi connectivity index (χ3n) is 5.05. The molecule has 0 saturated heterocycles. The molecule has 0 unspecified atom stereocenters. The normalized spacial score (nSPS) is 14.8. The van der Waals surface area contributed by atoms with Crippen molar-refractivity contribution in [3.8, 4) is 11.5 Å². The van der Waals surface area contributed by atoms with Gasteiger partial charge in [0.2, 0.25) is 0 Å². The van der Waals surface area contributed by atoms with E-state index in [4.69, 9.17) is 14.2 Å². The molecule has 0 spiro atoms. The zero-order chi connectivity index (χ0) is 22.8. The van der Waals surface area contributed by atoms with Gasteiger partial charge in [-0.3, -0.25) is 9.10 Å². The van der Waals surface area contributed by atoms with E-state index in [2.05, 4.69) is 5.32 Å². The minimum Gasteiger partial charge on any atom is -0.493 e. The zero-order valence-corrected chi connectivity index (χ0v) is 19.0. The molecule has 31 heavy (non-hydrogen) atoms. The molecule has 1 heterocycles. The molecule has 166 valence electrons. The molecular weight excluding hydrogens is 420 g/mol. The number of hydrogen-bond donors (Lipinski definition) is 1. The predicted molar refractivity (Wildman–Crippen MR) is 120 cm³/mol. The molecule has 2 aromatic carbocycles. The van der Waals surface area contributed by atoms with Gasteiger partial charge < -0.3 is 19.5 Å². The van der Waals surface area contributed by atoms with Gasteiger partial charge in [0.15, 0.2) is 16.4 Å². The van der Waals surface area contributed by atoms with Crippen molar-refractivity contribution in [2.75, 3.05) is 37.5 Å². The summed E-state index contributed by atoms with van der Waals surface area (Å²) in [6.07, 6.45) is 0. The Balaban J connectivity index is 2.12. The van der Waals surface area contributed by atoms with Gasteiger partial charge in [0, 0.05) is 31.0 Å². The highest BCUT2D eigenvalue weighted by molar-refractivity contribution is 7.97. The van der Waals surface area contributed by atoms with Crippen molar-refractivity contribution in [2.45, 2.75) is 20.5 Å². The largest absolute Gasteiger partial charge is 0.493 e. The Morgan fingerprint density at radius 1 is 1.06 bits per heavy atom. The molecule has 0 bridgehead atoms. The maximum absolute atomic E-state index is 13.4. The molecule has 8 nitrogen and oxygen atoms in total.